The first kappa shape index (κ1) is 15.3. The van der Waals surface area contributed by atoms with Crippen LogP contribution in [0.5, 0.6) is 0 Å². The maximum Gasteiger partial charge on any atom is 0.328 e. The summed E-state index contributed by atoms with van der Waals surface area (Å²) in [5, 5.41) is 4.19. The van der Waals surface area contributed by atoms with Crippen molar-refractivity contribution in [2.24, 2.45) is 0 Å². The Morgan fingerprint density at radius 1 is 1.35 bits per heavy atom. The Morgan fingerprint density at radius 2 is 2.09 bits per heavy atom. The predicted molar refractivity (Wildman–Crippen MR) is 83.9 cm³/mol. The normalized spacial score (nSPS) is 19.0. The van der Waals surface area contributed by atoms with Gasteiger partial charge in [-0.15, -0.1) is 0 Å². The van der Waals surface area contributed by atoms with Crippen molar-refractivity contribution in [3.8, 4) is 5.69 Å². The summed E-state index contributed by atoms with van der Waals surface area (Å²) in [5.41, 5.74) is 1.92. The Labute approximate surface area is 134 Å². The van der Waals surface area contributed by atoms with Crippen LogP contribution in [0.25, 0.3) is 5.69 Å². The molecular formula is C17H19N3O3. The number of ether oxygens (including phenoxy) is 1. The number of esters is 1. The Balaban J connectivity index is 1.83. The van der Waals surface area contributed by atoms with Crippen molar-refractivity contribution in [1.29, 1.82) is 0 Å². The Morgan fingerprint density at radius 3 is 2.70 bits per heavy atom. The summed E-state index contributed by atoms with van der Waals surface area (Å²) >= 11 is 0. The van der Waals surface area contributed by atoms with Gasteiger partial charge >= 0.3 is 5.97 Å². The number of benzene rings is 1. The summed E-state index contributed by atoms with van der Waals surface area (Å²) in [4.78, 5) is 25.7. The summed E-state index contributed by atoms with van der Waals surface area (Å²) in [7, 11) is 1.35. The zero-order valence-corrected chi connectivity index (χ0v) is 13.2. The Hall–Kier alpha value is -2.63. The highest BCUT2D eigenvalue weighted by molar-refractivity contribution is 5.88. The third kappa shape index (κ3) is 2.84. The number of rotatable bonds is 4. The van der Waals surface area contributed by atoms with Gasteiger partial charge in [0.1, 0.15) is 6.04 Å². The fraction of sp³-hybridized carbons (Fsp3) is 0.353. The lowest BCUT2D eigenvalue weighted by Gasteiger charge is -2.29. The molecule has 6 heteroatoms. The van der Waals surface area contributed by atoms with E-state index >= 15 is 0 Å². The highest BCUT2D eigenvalue weighted by Gasteiger charge is 2.39. The Kier molecular flexibility index (Phi) is 4.14. The van der Waals surface area contributed by atoms with Crippen molar-refractivity contribution in [3.05, 3.63) is 48.3 Å². The molecule has 2 heterocycles. The van der Waals surface area contributed by atoms with Gasteiger partial charge in [0.15, 0.2) is 0 Å². The van der Waals surface area contributed by atoms with Gasteiger partial charge < -0.3 is 9.64 Å². The molecule has 2 aromatic rings. The number of nitrogens with zero attached hydrogens (tertiary/aromatic N) is 3. The van der Waals surface area contributed by atoms with Crippen LogP contribution < -0.4 is 0 Å². The summed E-state index contributed by atoms with van der Waals surface area (Å²) in [6.07, 6.45) is 4.49. The molecule has 0 aliphatic carbocycles. The summed E-state index contributed by atoms with van der Waals surface area (Å²) in [6, 6.07) is 9.01. The highest BCUT2D eigenvalue weighted by Crippen LogP contribution is 2.31. The number of hydrogen-bond acceptors (Lipinski definition) is 4. The fourth-order valence-electron chi connectivity index (χ4n) is 3.04. The van der Waals surface area contributed by atoms with E-state index in [9.17, 15) is 9.59 Å². The number of aromatic nitrogens is 2. The zero-order chi connectivity index (χ0) is 16.4. The topological polar surface area (TPSA) is 64.4 Å². The van der Waals surface area contributed by atoms with Gasteiger partial charge in [-0.25, -0.2) is 9.48 Å². The number of amides is 1. The average Bonchev–Trinajstić information content (AvgIpc) is 3.23. The van der Waals surface area contributed by atoms with Crippen LogP contribution in [0, 0.1) is 0 Å². The predicted octanol–water partition coefficient (Wildman–Crippen LogP) is 2.10. The molecular weight excluding hydrogens is 294 g/mol. The third-order valence-electron chi connectivity index (χ3n) is 4.29. The average molecular weight is 313 g/mol. The summed E-state index contributed by atoms with van der Waals surface area (Å²) in [6.45, 7) is 1.93. The molecule has 23 heavy (non-hydrogen) atoms. The molecule has 120 valence electrons. The second kappa shape index (κ2) is 6.24. The summed E-state index contributed by atoms with van der Waals surface area (Å²) in [5.74, 6) is -0.361. The van der Waals surface area contributed by atoms with Crippen LogP contribution in [0.15, 0.2) is 42.7 Å². The first-order chi connectivity index (χ1) is 11.1. The molecule has 1 aliphatic rings. The largest absolute Gasteiger partial charge is 0.467 e. The second-order valence-electron chi connectivity index (χ2n) is 5.60. The van der Waals surface area contributed by atoms with E-state index in [2.05, 4.69) is 5.10 Å². The van der Waals surface area contributed by atoms with E-state index in [-0.39, 0.29) is 17.9 Å². The standard InChI is InChI=1S/C17H19N3O3/c1-12(20-15(17(22)23-2)8-9-16(20)21)13-4-6-14(7-5-13)19-11-3-10-18-19/h3-7,10-12,15H,8-9H2,1-2H3. The van der Waals surface area contributed by atoms with Gasteiger partial charge in [0, 0.05) is 18.8 Å². The van der Waals surface area contributed by atoms with E-state index < -0.39 is 6.04 Å². The van der Waals surface area contributed by atoms with E-state index in [1.165, 1.54) is 7.11 Å². The van der Waals surface area contributed by atoms with Crippen molar-refractivity contribution in [3.63, 3.8) is 0 Å². The fourth-order valence-corrected chi connectivity index (χ4v) is 3.04. The van der Waals surface area contributed by atoms with Crippen LogP contribution in [0.1, 0.15) is 31.4 Å². The van der Waals surface area contributed by atoms with Gasteiger partial charge in [0.2, 0.25) is 5.91 Å². The van der Waals surface area contributed by atoms with E-state index in [0.717, 1.165) is 11.3 Å². The minimum atomic E-state index is -0.492. The van der Waals surface area contributed by atoms with Crippen molar-refractivity contribution >= 4 is 11.9 Å². The molecule has 1 aromatic heterocycles. The van der Waals surface area contributed by atoms with Crippen molar-refractivity contribution < 1.29 is 14.3 Å². The third-order valence-corrected chi connectivity index (χ3v) is 4.29. The van der Waals surface area contributed by atoms with Crippen LogP contribution in [0.2, 0.25) is 0 Å². The molecule has 2 unspecified atom stereocenters. The lowest BCUT2D eigenvalue weighted by Crippen LogP contribution is -2.40. The second-order valence-corrected chi connectivity index (χ2v) is 5.60. The smallest absolute Gasteiger partial charge is 0.328 e. The van der Waals surface area contributed by atoms with Gasteiger partial charge in [0.05, 0.1) is 18.8 Å². The molecule has 3 rings (SSSR count). The van der Waals surface area contributed by atoms with Crippen LogP contribution >= 0.6 is 0 Å². The first-order valence-electron chi connectivity index (χ1n) is 7.61. The van der Waals surface area contributed by atoms with Gasteiger partial charge in [-0.1, -0.05) is 12.1 Å². The maximum absolute atomic E-state index is 12.2. The van der Waals surface area contributed by atoms with E-state index in [1.54, 1.807) is 15.8 Å². The van der Waals surface area contributed by atoms with E-state index in [0.29, 0.717) is 12.8 Å². The number of carbonyl (C=O) groups excluding carboxylic acids is 2. The SMILES string of the molecule is COC(=O)C1CCC(=O)N1C(C)c1ccc(-n2cccn2)cc1. The minimum absolute atomic E-state index is 0.0101. The quantitative estimate of drug-likeness (QED) is 0.811. The molecule has 0 bridgehead atoms. The molecule has 0 spiro atoms. The van der Waals surface area contributed by atoms with Gasteiger partial charge in [0.25, 0.3) is 0 Å². The molecule has 1 saturated heterocycles. The Bertz CT molecular complexity index is 694. The summed E-state index contributed by atoms with van der Waals surface area (Å²) < 4.78 is 6.59. The van der Waals surface area contributed by atoms with Crippen LogP contribution in [0.3, 0.4) is 0 Å². The van der Waals surface area contributed by atoms with Crippen LogP contribution in [-0.2, 0) is 14.3 Å². The van der Waals surface area contributed by atoms with Crippen molar-refractivity contribution in [2.45, 2.75) is 31.8 Å². The number of likely N-dealkylation sites (tertiary alicyclic amines) is 1. The number of carbonyl (C=O) groups is 2. The minimum Gasteiger partial charge on any atom is -0.467 e. The van der Waals surface area contributed by atoms with Gasteiger partial charge in [-0.2, -0.15) is 5.10 Å². The van der Waals surface area contributed by atoms with E-state index in [4.69, 9.17) is 4.74 Å². The molecule has 1 fully saturated rings. The van der Waals surface area contributed by atoms with Crippen LogP contribution in [-0.4, -0.2) is 39.7 Å². The first-order valence-corrected chi connectivity index (χ1v) is 7.61. The molecule has 2 atom stereocenters. The van der Waals surface area contributed by atoms with Gasteiger partial charge in [-0.05, 0) is 37.1 Å². The van der Waals surface area contributed by atoms with Gasteiger partial charge in [-0.3, -0.25) is 4.79 Å². The molecule has 0 radical (unpaired) electrons. The molecule has 0 N–H and O–H groups in total. The van der Waals surface area contributed by atoms with Crippen molar-refractivity contribution in [2.75, 3.05) is 7.11 Å². The maximum atomic E-state index is 12.2. The van der Waals surface area contributed by atoms with Crippen LogP contribution in [0.4, 0.5) is 0 Å². The number of methoxy groups -OCH3 is 1. The lowest BCUT2D eigenvalue weighted by molar-refractivity contribution is -0.150. The van der Waals surface area contributed by atoms with E-state index in [1.807, 2.05) is 43.5 Å². The molecule has 0 saturated carbocycles. The molecule has 6 nitrogen and oxygen atoms in total. The molecule has 1 amide bonds. The highest BCUT2D eigenvalue weighted by atomic mass is 16.5. The monoisotopic (exact) mass is 313 g/mol. The van der Waals surface area contributed by atoms with Crippen molar-refractivity contribution in [1.82, 2.24) is 14.7 Å². The zero-order valence-electron chi connectivity index (χ0n) is 13.2. The molecule has 1 aromatic carbocycles. The molecule has 1 aliphatic heterocycles. The number of hydrogen-bond donors (Lipinski definition) is 0. The lowest BCUT2D eigenvalue weighted by atomic mass is 10.1.